The molecule has 0 heterocycles. The van der Waals surface area contributed by atoms with Crippen LogP contribution < -0.4 is 0 Å². The molecule has 1 rings (SSSR count). The molecule has 1 aromatic carbocycles. The molecule has 3 heteroatoms. The lowest BCUT2D eigenvalue weighted by molar-refractivity contribution is 0.0965. The first kappa shape index (κ1) is 13.8. The molecule has 0 unspecified atom stereocenters. The van der Waals surface area contributed by atoms with Crippen LogP contribution >= 0.6 is 0 Å². The van der Waals surface area contributed by atoms with Gasteiger partial charge in [-0.15, -0.1) is 0 Å². The summed E-state index contributed by atoms with van der Waals surface area (Å²) < 4.78 is 13.1. The van der Waals surface area contributed by atoms with Crippen molar-refractivity contribution in [2.75, 3.05) is 19.6 Å². The minimum atomic E-state index is -0.346. The largest absolute Gasteiger partial charge is 0.303 e. The van der Waals surface area contributed by atoms with Gasteiger partial charge in [0.2, 0.25) is 0 Å². The molecule has 0 atom stereocenters. The average molecular weight is 237 g/mol. The summed E-state index contributed by atoms with van der Waals surface area (Å²) in [6.07, 6.45) is 0.450. The van der Waals surface area contributed by atoms with Gasteiger partial charge >= 0.3 is 0 Å². The van der Waals surface area contributed by atoms with Crippen molar-refractivity contribution in [2.45, 2.75) is 27.2 Å². The van der Waals surface area contributed by atoms with Crippen molar-refractivity contribution in [1.29, 1.82) is 0 Å². The number of benzene rings is 1. The first-order chi connectivity index (χ1) is 8.08. The minimum Gasteiger partial charge on any atom is -0.303 e. The zero-order valence-electron chi connectivity index (χ0n) is 10.8. The van der Waals surface area contributed by atoms with Crippen LogP contribution in [-0.2, 0) is 0 Å². The highest BCUT2D eigenvalue weighted by molar-refractivity contribution is 5.97. The molecule has 0 aromatic heterocycles. The second kappa shape index (κ2) is 6.50. The molecule has 1 aromatic rings. The number of aryl methyl sites for hydroxylation is 1. The fourth-order valence-electron chi connectivity index (χ4n) is 1.83. The third-order valence-corrected chi connectivity index (χ3v) is 3.05. The number of carbonyl (C=O) groups excluding carboxylic acids is 1. The Kier molecular flexibility index (Phi) is 5.29. The van der Waals surface area contributed by atoms with E-state index in [-0.39, 0.29) is 11.6 Å². The number of hydrogen-bond acceptors (Lipinski definition) is 2. The maximum atomic E-state index is 13.1. The van der Waals surface area contributed by atoms with Gasteiger partial charge in [-0.2, -0.15) is 0 Å². The summed E-state index contributed by atoms with van der Waals surface area (Å²) in [4.78, 5) is 14.1. The van der Waals surface area contributed by atoms with Crippen LogP contribution in [0.2, 0.25) is 0 Å². The van der Waals surface area contributed by atoms with Crippen molar-refractivity contribution in [1.82, 2.24) is 4.90 Å². The summed E-state index contributed by atoms with van der Waals surface area (Å²) in [6.45, 7) is 8.59. The quantitative estimate of drug-likeness (QED) is 0.709. The Balaban J connectivity index is 2.66. The van der Waals surface area contributed by atoms with Gasteiger partial charge in [0.05, 0.1) is 0 Å². The fourth-order valence-corrected chi connectivity index (χ4v) is 1.83. The van der Waals surface area contributed by atoms with Crippen molar-refractivity contribution in [2.24, 2.45) is 0 Å². The molecule has 0 amide bonds. The second-order valence-electron chi connectivity index (χ2n) is 4.16. The van der Waals surface area contributed by atoms with Gasteiger partial charge in [-0.3, -0.25) is 4.79 Å². The lowest BCUT2D eigenvalue weighted by Gasteiger charge is -2.17. The van der Waals surface area contributed by atoms with Gasteiger partial charge < -0.3 is 4.90 Å². The zero-order valence-corrected chi connectivity index (χ0v) is 10.8. The van der Waals surface area contributed by atoms with Crippen molar-refractivity contribution in [3.8, 4) is 0 Å². The molecule has 0 radical (unpaired) electrons. The van der Waals surface area contributed by atoms with Crippen molar-refractivity contribution in [3.05, 3.63) is 35.1 Å². The monoisotopic (exact) mass is 237 g/mol. The SMILES string of the molecule is CCN(CC)CCC(=O)c1cc(F)ccc1C. The smallest absolute Gasteiger partial charge is 0.164 e. The number of rotatable bonds is 6. The molecular formula is C14H20FNO. The number of halogens is 1. The minimum absolute atomic E-state index is 0.0221. The molecule has 0 saturated carbocycles. The number of nitrogens with zero attached hydrogens (tertiary/aromatic N) is 1. The molecule has 0 spiro atoms. The number of Topliss-reactive ketones (excluding diaryl/α,β-unsaturated/α-hetero) is 1. The summed E-state index contributed by atoms with van der Waals surface area (Å²) in [5.41, 5.74) is 1.35. The third kappa shape index (κ3) is 3.93. The molecule has 2 nitrogen and oxygen atoms in total. The van der Waals surface area contributed by atoms with Gasteiger partial charge in [-0.25, -0.2) is 4.39 Å². The predicted molar refractivity (Wildman–Crippen MR) is 67.9 cm³/mol. The van der Waals surface area contributed by atoms with E-state index in [0.717, 1.165) is 25.2 Å². The molecule has 17 heavy (non-hydrogen) atoms. The van der Waals surface area contributed by atoms with E-state index in [0.29, 0.717) is 12.0 Å². The van der Waals surface area contributed by atoms with Crippen molar-refractivity contribution < 1.29 is 9.18 Å². The Morgan fingerprint density at radius 1 is 1.29 bits per heavy atom. The summed E-state index contributed by atoms with van der Waals surface area (Å²) >= 11 is 0. The van der Waals surface area contributed by atoms with Crippen LogP contribution in [-0.4, -0.2) is 30.3 Å². The topological polar surface area (TPSA) is 20.3 Å². The highest BCUT2D eigenvalue weighted by atomic mass is 19.1. The molecule has 0 aliphatic heterocycles. The Labute approximate surface area is 102 Å². The Morgan fingerprint density at radius 2 is 1.94 bits per heavy atom. The van der Waals surface area contributed by atoms with Gasteiger partial charge in [0.15, 0.2) is 5.78 Å². The first-order valence-electron chi connectivity index (χ1n) is 6.10. The summed E-state index contributed by atoms with van der Waals surface area (Å²) in [7, 11) is 0. The normalized spacial score (nSPS) is 10.9. The summed E-state index contributed by atoms with van der Waals surface area (Å²) in [5, 5.41) is 0. The Hall–Kier alpha value is -1.22. The Morgan fingerprint density at radius 3 is 2.53 bits per heavy atom. The van der Waals surface area contributed by atoms with Crippen LogP contribution in [0.1, 0.15) is 36.2 Å². The molecule has 0 bridgehead atoms. The fraction of sp³-hybridized carbons (Fsp3) is 0.500. The van der Waals surface area contributed by atoms with E-state index in [2.05, 4.69) is 18.7 Å². The maximum absolute atomic E-state index is 13.1. The van der Waals surface area contributed by atoms with Crippen LogP contribution in [0.15, 0.2) is 18.2 Å². The third-order valence-electron chi connectivity index (χ3n) is 3.05. The van der Waals surface area contributed by atoms with E-state index in [9.17, 15) is 9.18 Å². The summed E-state index contributed by atoms with van der Waals surface area (Å²) in [6, 6.07) is 4.37. The molecular weight excluding hydrogens is 217 g/mol. The van der Waals surface area contributed by atoms with Crippen molar-refractivity contribution in [3.63, 3.8) is 0 Å². The van der Waals surface area contributed by atoms with Gasteiger partial charge in [0.1, 0.15) is 5.82 Å². The average Bonchev–Trinajstić information content (AvgIpc) is 2.33. The summed E-state index contributed by atoms with van der Waals surface area (Å²) in [5.74, 6) is -0.323. The Bertz CT molecular complexity index is 386. The van der Waals surface area contributed by atoms with Crippen LogP contribution in [0.4, 0.5) is 4.39 Å². The van der Waals surface area contributed by atoms with Gasteiger partial charge in [0.25, 0.3) is 0 Å². The highest BCUT2D eigenvalue weighted by Gasteiger charge is 2.11. The van der Waals surface area contributed by atoms with E-state index in [1.54, 1.807) is 6.07 Å². The van der Waals surface area contributed by atoms with E-state index < -0.39 is 0 Å². The first-order valence-corrected chi connectivity index (χ1v) is 6.10. The van der Waals surface area contributed by atoms with Crippen LogP contribution in [0.5, 0.6) is 0 Å². The van der Waals surface area contributed by atoms with Crippen LogP contribution in [0.3, 0.4) is 0 Å². The van der Waals surface area contributed by atoms with E-state index in [1.807, 2.05) is 6.92 Å². The van der Waals surface area contributed by atoms with E-state index in [1.165, 1.54) is 12.1 Å². The lowest BCUT2D eigenvalue weighted by Crippen LogP contribution is -2.25. The lowest BCUT2D eigenvalue weighted by atomic mass is 10.0. The molecule has 0 N–H and O–H groups in total. The van der Waals surface area contributed by atoms with Gasteiger partial charge in [0, 0.05) is 18.5 Å². The second-order valence-corrected chi connectivity index (χ2v) is 4.16. The zero-order chi connectivity index (χ0) is 12.8. The molecule has 94 valence electrons. The van der Waals surface area contributed by atoms with Crippen LogP contribution in [0.25, 0.3) is 0 Å². The molecule has 0 saturated heterocycles. The number of ketones is 1. The number of hydrogen-bond donors (Lipinski definition) is 0. The molecule has 0 fully saturated rings. The van der Waals surface area contributed by atoms with Gasteiger partial charge in [-0.1, -0.05) is 19.9 Å². The van der Waals surface area contributed by atoms with Gasteiger partial charge in [-0.05, 0) is 37.7 Å². The predicted octanol–water partition coefficient (Wildman–Crippen LogP) is 3.05. The maximum Gasteiger partial charge on any atom is 0.164 e. The standard InChI is InChI=1S/C14H20FNO/c1-4-16(5-2)9-8-14(17)13-10-12(15)7-6-11(13)3/h6-7,10H,4-5,8-9H2,1-3H3. The van der Waals surface area contributed by atoms with E-state index in [4.69, 9.17) is 0 Å². The van der Waals surface area contributed by atoms with Crippen LogP contribution in [0, 0.1) is 12.7 Å². The van der Waals surface area contributed by atoms with Crippen molar-refractivity contribution >= 4 is 5.78 Å². The number of carbonyl (C=O) groups is 1. The molecule has 0 aliphatic carbocycles. The molecule has 0 aliphatic rings. The highest BCUT2D eigenvalue weighted by Crippen LogP contribution is 2.12. The van der Waals surface area contributed by atoms with E-state index >= 15 is 0 Å².